The van der Waals surface area contributed by atoms with Crippen LogP contribution in [0.25, 0.3) is 11.1 Å². The van der Waals surface area contributed by atoms with Crippen molar-refractivity contribution in [1.29, 1.82) is 0 Å². The van der Waals surface area contributed by atoms with Crippen molar-refractivity contribution >= 4 is 34.7 Å². The molecule has 4 heteroatoms. The van der Waals surface area contributed by atoms with Gasteiger partial charge in [-0.15, -0.1) is 11.8 Å². The second-order valence-electron chi connectivity index (χ2n) is 15.0. The first-order chi connectivity index (χ1) is 25.1. The first kappa shape index (κ1) is 33.3. The number of nitrogens with two attached hydrogens (primary N) is 1. The molecule has 0 fully saturated rings. The average Bonchev–Trinajstić information content (AvgIpc) is 3.20. The Morgan fingerprint density at radius 3 is 2.73 bits per heavy atom. The second kappa shape index (κ2) is 14.1. The van der Waals surface area contributed by atoms with Gasteiger partial charge in [0.15, 0.2) is 0 Å². The molecule has 2 aromatic rings. The number of hydrogen-bond acceptors (Lipinski definition) is 4. The average molecular weight is 705 g/mol. The van der Waals surface area contributed by atoms with Crippen molar-refractivity contribution < 1.29 is 0 Å². The summed E-state index contributed by atoms with van der Waals surface area (Å²) in [6.45, 7) is 3.06. The van der Waals surface area contributed by atoms with Gasteiger partial charge in [-0.2, -0.15) is 0 Å². The van der Waals surface area contributed by atoms with Gasteiger partial charge in [0.1, 0.15) is 0 Å². The largest absolute Gasteiger partial charge is 0.324 e. The minimum absolute atomic E-state index is 0.0607. The van der Waals surface area contributed by atoms with Gasteiger partial charge in [-0.25, -0.2) is 0 Å². The first-order valence-corrected chi connectivity index (χ1v) is 20.8. The molecule has 51 heavy (non-hydrogen) atoms. The second-order valence-corrected chi connectivity index (χ2v) is 17.3. The molecule has 0 saturated carbocycles. The third kappa shape index (κ3) is 5.93. The van der Waals surface area contributed by atoms with Gasteiger partial charge in [0, 0.05) is 33.7 Å². The minimum Gasteiger partial charge on any atom is -0.324 e. The van der Waals surface area contributed by atoms with Crippen LogP contribution in [0, 0.1) is 5.92 Å². The van der Waals surface area contributed by atoms with E-state index in [1.807, 2.05) is 0 Å². The lowest BCUT2D eigenvalue weighted by Gasteiger charge is -2.53. The van der Waals surface area contributed by atoms with Crippen molar-refractivity contribution in [3.63, 3.8) is 0 Å². The Bertz CT molecular complexity index is 2050. The summed E-state index contributed by atoms with van der Waals surface area (Å²) in [5.74, 6) is 0.488. The van der Waals surface area contributed by atoms with Crippen LogP contribution in [0.3, 0.4) is 0 Å². The van der Waals surface area contributed by atoms with Crippen LogP contribution >= 0.6 is 23.5 Å². The number of nitrogens with one attached hydrogen (secondary N) is 1. The fourth-order valence-corrected chi connectivity index (χ4v) is 12.4. The Hall–Kier alpha value is -3.54. The predicted molar refractivity (Wildman–Crippen MR) is 220 cm³/mol. The minimum atomic E-state index is -0.286. The highest BCUT2D eigenvalue weighted by Gasteiger charge is 2.54. The van der Waals surface area contributed by atoms with Crippen molar-refractivity contribution in [3.8, 4) is 0 Å². The summed E-state index contributed by atoms with van der Waals surface area (Å²) in [6.07, 6.45) is 37.2. The molecule has 3 heterocycles. The third-order valence-corrected chi connectivity index (χ3v) is 14.6. The number of rotatable bonds is 6. The van der Waals surface area contributed by atoms with Gasteiger partial charge in [-0.05, 0) is 126 Å². The molecule has 0 amide bonds. The van der Waals surface area contributed by atoms with E-state index in [2.05, 4.69) is 157 Å². The number of hydrogen-bond donors (Lipinski definition) is 2. The number of thioether (sulfide) groups is 2. The molecule has 3 aliphatic heterocycles. The molecule has 5 unspecified atom stereocenters. The van der Waals surface area contributed by atoms with Crippen molar-refractivity contribution in [2.24, 2.45) is 11.7 Å². The number of benzene rings is 2. The molecule has 2 aromatic carbocycles. The molecular weight excluding hydrogens is 657 g/mol. The Kier molecular flexibility index (Phi) is 9.22. The van der Waals surface area contributed by atoms with Crippen molar-refractivity contribution in [2.45, 2.75) is 85.9 Å². The summed E-state index contributed by atoms with van der Waals surface area (Å²) in [6, 6.07) is 19.0. The lowest BCUT2D eigenvalue weighted by atomic mass is 9.58. The zero-order chi connectivity index (χ0) is 34.4. The number of allylic oxidation sites excluding steroid dienone is 13. The van der Waals surface area contributed by atoms with Gasteiger partial charge >= 0.3 is 0 Å². The Morgan fingerprint density at radius 2 is 1.90 bits per heavy atom. The molecule has 9 rings (SSSR count). The lowest BCUT2D eigenvalue weighted by molar-refractivity contribution is 0.410. The SMILES string of the molecule is C/C=C\CC(N)C1=CC2=C(CC1)C1(C3=CC=C(c4ccccc4)CC3S2)C2=C(CC(C3CC=CCN3)C=C2)Sc2cc(C3=CCCC=C3)ccc21. The lowest BCUT2D eigenvalue weighted by Crippen LogP contribution is -2.45. The van der Waals surface area contributed by atoms with E-state index in [9.17, 15) is 0 Å². The smallest absolute Gasteiger partial charge is 0.0667 e. The summed E-state index contributed by atoms with van der Waals surface area (Å²) in [4.78, 5) is 4.46. The van der Waals surface area contributed by atoms with Crippen LogP contribution in [0.5, 0.6) is 0 Å². The molecule has 0 bridgehead atoms. The molecule has 0 saturated heterocycles. The molecule has 2 nitrogen and oxygen atoms in total. The van der Waals surface area contributed by atoms with E-state index in [-0.39, 0.29) is 11.5 Å². The maximum absolute atomic E-state index is 6.90. The fraction of sp³-hybridized carbons (Fsp3) is 0.319. The molecular formula is C47H48N2S2. The highest BCUT2D eigenvalue weighted by Crippen LogP contribution is 2.66. The molecule has 4 aliphatic carbocycles. The molecule has 0 aromatic heterocycles. The van der Waals surface area contributed by atoms with E-state index in [1.54, 1.807) is 16.1 Å². The standard InChI is InChI=1S/C47H48N2S2/c1-2-3-16-41(48)35-20-24-39-45(29-35)50-43-27-33(31-12-6-4-7-13-31)18-22-37(43)47(39)38-23-19-34(32-14-8-5-9-15-32)28-44(38)51-46-30-36(21-25-40(46)47)42-17-10-11-26-49-42/h2-4,6-8,10-15,18-19,21-23,25,28-29,36,41-43,49H,5,9,16-17,20,24,26-27,30,48H2,1H3/b3-2-. The van der Waals surface area contributed by atoms with Crippen molar-refractivity contribution in [1.82, 2.24) is 5.32 Å². The van der Waals surface area contributed by atoms with Gasteiger partial charge < -0.3 is 11.1 Å². The summed E-state index contributed by atoms with van der Waals surface area (Å²) < 4.78 is 0. The highest BCUT2D eigenvalue weighted by molar-refractivity contribution is 8.04. The van der Waals surface area contributed by atoms with E-state index in [0.29, 0.717) is 17.2 Å². The van der Waals surface area contributed by atoms with Crippen LogP contribution in [-0.4, -0.2) is 23.9 Å². The molecule has 0 radical (unpaired) electrons. The normalized spacial score (nSPS) is 28.8. The van der Waals surface area contributed by atoms with Crippen LogP contribution in [0.4, 0.5) is 0 Å². The van der Waals surface area contributed by atoms with Crippen LogP contribution in [-0.2, 0) is 5.41 Å². The van der Waals surface area contributed by atoms with Gasteiger partial charge in [0.05, 0.1) is 5.41 Å². The molecule has 258 valence electrons. The van der Waals surface area contributed by atoms with Crippen LogP contribution < -0.4 is 11.1 Å². The van der Waals surface area contributed by atoms with Crippen molar-refractivity contribution in [2.75, 3.05) is 6.54 Å². The number of fused-ring (bicyclic) bond motifs is 6. The van der Waals surface area contributed by atoms with Gasteiger partial charge in [0.25, 0.3) is 0 Å². The van der Waals surface area contributed by atoms with E-state index >= 15 is 0 Å². The Morgan fingerprint density at radius 1 is 0.980 bits per heavy atom. The first-order valence-electron chi connectivity index (χ1n) is 19.1. The molecule has 7 aliphatic rings. The van der Waals surface area contributed by atoms with E-state index in [0.717, 1.165) is 57.9 Å². The van der Waals surface area contributed by atoms with E-state index in [1.165, 1.54) is 48.8 Å². The monoisotopic (exact) mass is 704 g/mol. The van der Waals surface area contributed by atoms with Crippen LogP contribution in [0.2, 0.25) is 0 Å². The summed E-state index contributed by atoms with van der Waals surface area (Å²) in [5, 5.41) is 4.17. The van der Waals surface area contributed by atoms with Crippen LogP contribution in [0.15, 0.2) is 158 Å². The zero-order valence-corrected chi connectivity index (χ0v) is 31.2. The quantitative estimate of drug-likeness (QED) is 0.294. The zero-order valence-electron chi connectivity index (χ0n) is 29.6. The van der Waals surface area contributed by atoms with Crippen molar-refractivity contribution in [3.05, 3.63) is 170 Å². The molecule has 3 N–H and O–H groups in total. The van der Waals surface area contributed by atoms with Crippen LogP contribution in [0.1, 0.15) is 75.0 Å². The van der Waals surface area contributed by atoms with E-state index in [4.69, 9.17) is 5.73 Å². The topological polar surface area (TPSA) is 38.0 Å². The summed E-state index contributed by atoms with van der Waals surface area (Å²) in [5.41, 5.74) is 19.7. The maximum Gasteiger partial charge on any atom is 0.0667 e. The molecule has 1 spiro atoms. The Labute approximate surface area is 312 Å². The summed E-state index contributed by atoms with van der Waals surface area (Å²) >= 11 is 4.17. The van der Waals surface area contributed by atoms with E-state index < -0.39 is 0 Å². The van der Waals surface area contributed by atoms with Gasteiger partial charge in [-0.1, -0.05) is 127 Å². The predicted octanol–water partition coefficient (Wildman–Crippen LogP) is 11.3. The Balaban J connectivity index is 1.26. The fourth-order valence-electron chi connectivity index (χ4n) is 9.47. The third-order valence-electron chi connectivity index (χ3n) is 12.0. The maximum atomic E-state index is 6.90. The van der Waals surface area contributed by atoms with Gasteiger partial charge in [0.2, 0.25) is 0 Å². The summed E-state index contributed by atoms with van der Waals surface area (Å²) in [7, 11) is 0. The van der Waals surface area contributed by atoms with Gasteiger partial charge in [-0.3, -0.25) is 0 Å². The highest BCUT2D eigenvalue weighted by atomic mass is 32.2. The molecule has 5 atom stereocenters.